The molecule has 0 radical (unpaired) electrons. The second kappa shape index (κ2) is 20.0. The van der Waals surface area contributed by atoms with E-state index in [0.717, 1.165) is 50.3 Å². The Bertz CT molecular complexity index is 2910. The second-order valence-electron chi connectivity index (χ2n) is 17.1. The number of hydrogen-bond acceptors (Lipinski definition) is 11. The summed E-state index contributed by atoms with van der Waals surface area (Å²) in [6.07, 6.45) is 15.7. The number of oxazole rings is 2. The first kappa shape index (κ1) is 46.7. The van der Waals surface area contributed by atoms with Gasteiger partial charge in [0.2, 0.25) is 11.7 Å². The molecule has 0 saturated carbocycles. The van der Waals surface area contributed by atoms with E-state index in [9.17, 15) is 22.4 Å². The Morgan fingerprint density at radius 3 is 1.94 bits per heavy atom. The van der Waals surface area contributed by atoms with Crippen LogP contribution < -0.4 is 34.2 Å². The molecule has 0 amide bonds. The first-order valence-electron chi connectivity index (χ1n) is 21.8. The van der Waals surface area contributed by atoms with Gasteiger partial charge < -0.3 is 36.4 Å². The highest BCUT2D eigenvalue weighted by atomic mass is 35.5. The van der Waals surface area contributed by atoms with Gasteiger partial charge >= 0.3 is 17.6 Å². The molecule has 7 aromatic rings. The maximum atomic E-state index is 14.6. The lowest BCUT2D eigenvalue weighted by molar-refractivity contribution is -0.524. The standard InChI is InChI=1S/C22H20F2N6O.C16H13F2N3O2.C8H16N4.ClH/c23-14-1-2-15(16(24)11-14)19-20(30-9-10-31-22(30)28-19)17-3-6-25-21(26-17)27-18-12-29-7-4-13(18)5-8-29;1-20(2)6-5-13(22)15-14(19-16-21(15)7-8-23-16)11-4-3-10(17)9-12(11)18;9-8(10)11-7-5-12-3-1-6(7)2-4-12;/h1-3,6,9-11,13,18H,4-5,7-8,12H2,(H,25,26,27);3-9H,1-2H3;6-7H,1-5H2,(H4,9,10,11);1H/t18-;;7-;/m0.0./s1. The molecule has 352 valence electrons. The zero-order valence-corrected chi connectivity index (χ0v) is 37.5. The number of carbonyl (C=O) groups excluding carboxylic acids is 1. The molecular formula is C46H50ClF4N13O3. The molecule has 11 heterocycles. The van der Waals surface area contributed by atoms with Gasteiger partial charge in [-0.2, -0.15) is 9.97 Å². The van der Waals surface area contributed by atoms with Crippen LogP contribution in [-0.2, 0) is 0 Å². The Labute approximate surface area is 388 Å². The number of aromatic nitrogens is 6. The van der Waals surface area contributed by atoms with Gasteiger partial charge in [0, 0.05) is 87.4 Å². The van der Waals surface area contributed by atoms with Crippen molar-refractivity contribution in [3.05, 3.63) is 115 Å². The number of nitrogens with two attached hydrogens (primary N) is 2. The molecule has 13 rings (SSSR count). The van der Waals surface area contributed by atoms with Gasteiger partial charge in [0.05, 0.1) is 11.7 Å². The minimum atomic E-state index is -0.795. The molecule has 6 N–H and O–H groups in total. The minimum Gasteiger partial charge on any atom is -1.00 e. The Balaban J connectivity index is 0.000000148. The number of halogens is 5. The number of nitrogens with zero attached hydrogens (tertiary/aromatic N) is 9. The summed E-state index contributed by atoms with van der Waals surface area (Å²) in [5.74, 6) is -0.428. The van der Waals surface area contributed by atoms with Crippen LogP contribution >= 0.6 is 0 Å². The SMILES string of the molecule is CN(C)C=CC(=O)c1c(-c2ccc(F)cc2F)nc2occn12.Fc1ccc(-c2nc3occn3c2-c2ccnc(N[C@H]3CN4CCC3CC4)n2)c(F)c1.NC(N)=[NH+][C@H]1CN2CCC1CC2.[Cl-]. The number of carbonyl (C=O) groups is 1. The Morgan fingerprint density at radius 1 is 0.791 bits per heavy atom. The van der Waals surface area contributed by atoms with Gasteiger partial charge in [-0.1, -0.05) is 0 Å². The number of hydrogen-bond donors (Lipinski definition) is 4. The van der Waals surface area contributed by atoms with Crippen LogP contribution in [0.3, 0.4) is 0 Å². The van der Waals surface area contributed by atoms with E-state index in [-0.39, 0.29) is 46.5 Å². The number of benzene rings is 2. The van der Waals surface area contributed by atoms with Crippen molar-refractivity contribution < 1.29 is 48.6 Å². The third-order valence-corrected chi connectivity index (χ3v) is 12.5. The van der Waals surface area contributed by atoms with Crippen LogP contribution in [0.15, 0.2) is 94.7 Å². The van der Waals surface area contributed by atoms with Crippen LogP contribution in [-0.4, -0.2) is 121 Å². The quantitative estimate of drug-likeness (QED) is 0.0535. The average Bonchev–Trinajstić information content (AvgIpc) is 4.10. The highest BCUT2D eigenvalue weighted by Gasteiger charge is 2.36. The van der Waals surface area contributed by atoms with Crippen LogP contribution in [0.4, 0.5) is 23.5 Å². The number of piperidine rings is 6. The molecular weight excluding hydrogens is 894 g/mol. The summed E-state index contributed by atoms with van der Waals surface area (Å²) < 4.78 is 68.9. The first-order valence-corrected chi connectivity index (χ1v) is 21.8. The van der Waals surface area contributed by atoms with Crippen molar-refractivity contribution in [2.75, 3.05) is 58.7 Å². The smallest absolute Gasteiger partial charge is 0.339 e. The van der Waals surface area contributed by atoms with Crippen LogP contribution in [0.25, 0.3) is 45.6 Å². The normalized spacial score (nSPS) is 21.6. The fourth-order valence-corrected chi connectivity index (χ4v) is 9.28. The van der Waals surface area contributed by atoms with Gasteiger partial charge in [0.15, 0.2) is 0 Å². The summed E-state index contributed by atoms with van der Waals surface area (Å²) in [5, 5.41) is 3.49. The second-order valence-corrected chi connectivity index (χ2v) is 17.1. The summed E-state index contributed by atoms with van der Waals surface area (Å²) in [4.78, 5) is 40.0. The molecule has 0 spiro atoms. The molecule has 0 aliphatic carbocycles. The molecule has 6 fully saturated rings. The van der Waals surface area contributed by atoms with Crippen LogP contribution in [0, 0.1) is 35.1 Å². The molecule has 0 unspecified atom stereocenters. The molecule has 5 aromatic heterocycles. The summed E-state index contributed by atoms with van der Waals surface area (Å²) in [6.45, 7) is 6.93. The maximum absolute atomic E-state index is 14.6. The number of guanidine groups is 1. The molecule has 4 bridgehead atoms. The van der Waals surface area contributed by atoms with E-state index in [4.69, 9.17) is 25.3 Å². The summed E-state index contributed by atoms with van der Waals surface area (Å²) in [6, 6.07) is 9.11. The lowest BCUT2D eigenvalue weighted by Crippen LogP contribution is -3.00. The van der Waals surface area contributed by atoms with Gasteiger partial charge in [-0.05, 0) is 94.0 Å². The van der Waals surface area contributed by atoms with Gasteiger partial charge in [0.25, 0.3) is 0 Å². The topological polar surface area (TPSA) is 191 Å². The summed E-state index contributed by atoms with van der Waals surface area (Å²) in [7, 11) is 3.54. The number of nitrogens with one attached hydrogen (secondary N) is 2. The Hall–Kier alpha value is -6.77. The van der Waals surface area contributed by atoms with E-state index < -0.39 is 23.3 Å². The first-order chi connectivity index (χ1) is 31.9. The van der Waals surface area contributed by atoms with Crippen molar-refractivity contribution in [1.82, 2.24) is 43.4 Å². The van der Waals surface area contributed by atoms with Crippen LogP contribution in [0.2, 0.25) is 0 Å². The van der Waals surface area contributed by atoms with E-state index in [1.54, 1.807) is 48.1 Å². The van der Waals surface area contributed by atoms with Crippen molar-refractivity contribution in [2.45, 2.75) is 37.8 Å². The van der Waals surface area contributed by atoms with Crippen molar-refractivity contribution in [2.24, 2.45) is 23.3 Å². The number of ketones is 1. The number of imidazole rings is 2. The molecule has 21 heteroatoms. The maximum Gasteiger partial charge on any atom is 0.339 e. The predicted octanol–water partition coefficient (Wildman–Crippen LogP) is 1.40. The van der Waals surface area contributed by atoms with Crippen molar-refractivity contribution >= 4 is 29.4 Å². The molecule has 6 aliphatic rings. The van der Waals surface area contributed by atoms with E-state index in [2.05, 4.69) is 35.1 Å². The van der Waals surface area contributed by atoms with Crippen molar-refractivity contribution in [1.29, 1.82) is 0 Å². The number of fused-ring (bicyclic) bond motifs is 8. The highest BCUT2D eigenvalue weighted by Crippen LogP contribution is 2.35. The van der Waals surface area contributed by atoms with Gasteiger partial charge in [0.1, 0.15) is 58.6 Å². The minimum absolute atomic E-state index is 0. The number of allylic oxidation sites excluding steroid dienone is 1. The monoisotopic (exact) mass is 943 g/mol. The average molecular weight is 944 g/mol. The molecule has 2 aromatic carbocycles. The van der Waals surface area contributed by atoms with Gasteiger partial charge in [-0.3, -0.25) is 35.0 Å². The Kier molecular flexibility index (Phi) is 13.9. The number of rotatable bonds is 9. The molecule has 2 atom stereocenters. The van der Waals surface area contributed by atoms with E-state index in [1.165, 1.54) is 86.2 Å². The van der Waals surface area contributed by atoms with Gasteiger partial charge in [-0.25, -0.2) is 27.5 Å². The van der Waals surface area contributed by atoms with E-state index >= 15 is 0 Å². The fraction of sp³-hybridized carbons (Fsp3) is 0.348. The third kappa shape index (κ3) is 10.2. The third-order valence-electron chi connectivity index (χ3n) is 12.5. The lowest BCUT2D eigenvalue weighted by atomic mass is 9.84. The summed E-state index contributed by atoms with van der Waals surface area (Å²) >= 11 is 0. The van der Waals surface area contributed by atoms with Crippen LogP contribution in [0.5, 0.6) is 0 Å². The van der Waals surface area contributed by atoms with Crippen molar-refractivity contribution in [3.63, 3.8) is 0 Å². The zero-order chi connectivity index (χ0) is 46.1. The largest absolute Gasteiger partial charge is 1.00 e. The molecule has 67 heavy (non-hydrogen) atoms. The van der Waals surface area contributed by atoms with Crippen molar-refractivity contribution in [3.8, 4) is 33.9 Å². The van der Waals surface area contributed by atoms with Crippen LogP contribution in [0.1, 0.15) is 36.2 Å². The highest BCUT2D eigenvalue weighted by molar-refractivity contribution is 6.08. The lowest BCUT2D eigenvalue weighted by Gasteiger charge is -2.44. The Morgan fingerprint density at radius 2 is 1.37 bits per heavy atom. The number of anilines is 1. The predicted molar refractivity (Wildman–Crippen MR) is 238 cm³/mol. The zero-order valence-electron chi connectivity index (χ0n) is 36.8. The molecule has 16 nitrogen and oxygen atoms in total. The van der Waals surface area contributed by atoms with Gasteiger partial charge in [-0.15, -0.1) is 0 Å². The van der Waals surface area contributed by atoms with E-state index in [1.807, 2.05) is 0 Å². The fourth-order valence-electron chi connectivity index (χ4n) is 9.28. The molecule has 6 aliphatic heterocycles. The van der Waals surface area contributed by atoms with E-state index in [0.29, 0.717) is 52.8 Å². The molecule has 6 saturated heterocycles. The summed E-state index contributed by atoms with van der Waals surface area (Å²) in [5.41, 5.74) is 12.8.